The number of benzene rings is 3. The van der Waals surface area contributed by atoms with Crippen molar-refractivity contribution in [2.45, 2.75) is 19.5 Å². The zero-order chi connectivity index (χ0) is 23.1. The summed E-state index contributed by atoms with van der Waals surface area (Å²) in [5.41, 5.74) is 2.62. The van der Waals surface area contributed by atoms with Crippen molar-refractivity contribution in [2.75, 3.05) is 10.6 Å². The Kier molecular flexibility index (Phi) is 6.68. The number of rotatable bonds is 8. The van der Waals surface area contributed by atoms with Crippen LogP contribution in [0.25, 0.3) is 11.4 Å². The molecule has 0 aliphatic rings. The second-order valence-corrected chi connectivity index (χ2v) is 7.06. The van der Waals surface area contributed by atoms with Crippen LogP contribution in [0, 0.1) is 0 Å². The molecular weight excluding hydrogens is 431 g/mol. The molecule has 0 aliphatic heterocycles. The lowest BCUT2D eigenvalue weighted by Gasteiger charge is -2.12. The fraction of sp³-hybridized carbons (Fsp3) is 0.125. The molecule has 0 amide bonds. The Morgan fingerprint density at radius 3 is 1.58 bits per heavy atom. The minimum atomic E-state index is -4.75. The molecule has 0 aliphatic carbocycles. The predicted octanol–water partition coefficient (Wildman–Crippen LogP) is 5.66. The zero-order valence-corrected chi connectivity index (χ0v) is 17.4. The molecule has 0 fully saturated rings. The highest BCUT2D eigenvalue weighted by atomic mass is 19.4. The van der Waals surface area contributed by atoms with Gasteiger partial charge in [-0.25, -0.2) is 0 Å². The van der Waals surface area contributed by atoms with Crippen molar-refractivity contribution >= 4 is 11.9 Å². The molecule has 0 atom stereocenters. The first-order valence-electron chi connectivity index (χ1n) is 10.1. The van der Waals surface area contributed by atoms with E-state index < -0.39 is 6.36 Å². The maximum absolute atomic E-state index is 12.4. The summed E-state index contributed by atoms with van der Waals surface area (Å²) in [6, 6.07) is 24.9. The lowest BCUT2D eigenvalue weighted by Crippen LogP contribution is -2.17. The Hall–Kier alpha value is -4.14. The number of aromatic nitrogens is 3. The summed E-state index contributed by atoms with van der Waals surface area (Å²) in [6.07, 6.45) is -4.75. The minimum absolute atomic E-state index is 0.315. The third-order valence-corrected chi connectivity index (χ3v) is 4.57. The van der Waals surface area contributed by atoms with Crippen LogP contribution in [0.2, 0.25) is 0 Å². The van der Waals surface area contributed by atoms with E-state index in [1.165, 1.54) is 24.3 Å². The maximum atomic E-state index is 12.4. The fourth-order valence-electron chi connectivity index (χ4n) is 3.02. The summed E-state index contributed by atoms with van der Waals surface area (Å²) in [6.45, 7) is 1.00. The highest BCUT2D eigenvalue weighted by Gasteiger charge is 2.31. The smallest absolute Gasteiger partial charge is 0.406 e. The number of anilines is 2. The Labute approximate surface area is 188 Å². The van der Waals surface area contributed by atoms with Gasteiger partial charge in [0, 0.05) is 18.7 Å². The van der Waals surface area contributed by atoms with Crippen LogP contribution in [0.4, 0.5) is 25.1 Å². The van der Waals surface area contributed by atoms with Crippen LogP contribution < -0.4 is 15.4 Å². The first-order chi connectivity index (χ1) is 15.9. The van der Waals surface area contributed by atoms with Gasteiger partial charge in [-0.1, -0.05) is 60.7 Å². The molecule has 0 radical (unpaired) electrons. The van der Waals surface area contributed by atoms with E-state index in [9.17, 15) is 13.2 Å². The highest BCUT2D eigenvalue weighted by Crippen LogP contribution is 2.26. The largest absolute Gasteiger partial charge is 0.573 e. The predicted molar refractivity (Wildman–Crippen MR) is 119 cm³/mol. The van der Waals surface area contributed by atoms with Crippen molar-refractivity contribution in [3.8, 4) is 17.1 Å². The van der Waals surface area contributed by atoms with E-state index >= 15 is 0 Å². The molecule has 4 rings (SSSR count). The van der Waals surface area contributed by atoms with E-state index in [0.717, 1.165) is 11.1 Å². The van der Waals surface area contributed by atoms with Crippen molar-refractivity contribution in [2.24, 2.45) is 0 Å². The van der Waals surface area contributed by atoms with Crippen LogP contribution in [0.5, 0.6) is 5.75 Å². The lowest BCUT2D eigenvalue weighted by molar-refractivity contribution is -0.274. The molecule has 4 aromatic rings. The van der Waals surface area contributed by atoms with Gasteiger partial charge in [-0.05, 0) is 35.4 Å². The van der Waals surface area contributed by atoms with Crippen LogP contribution in [0.15, 0.2) is 84.9 Å². The van der Waals surface area contributed by atoms with Gasteiger partial charge in [0.25, 0.3) is 0 Å². The molecular formula is C24H20F3N5O. The highest BCUT2D eigenvalue weighted by molar-refractivity contribution is 5.59. The van der Waals surface area contributed by atoms with Gasteiger partial charge >= 0.3 is 6.36 Å². The maximum Gasteiger partial charge on any atom is 0.573 e. The van der Waals surface area contributed by atoms with Gasteiger partial charge in [0.1, 0.15) is 5.75 Å². The standard InChI is InChI=1S/C24H20F3N5O/c25-24(26,27)33-20-13-11-19(12-14-20)21-30-22(28-15-17-7-3-1-4-8-17)32-23(31-21)29-16-18-9-5-2-6-10-18/h1-14H,15-16H2,(H2,28,29,30,31,32). The average molecular weight is 451 g/mol. The number of hydrogen-bond acceptors (Lipinski definition) is 6. The van der Waals surface area contributed by atoms with Crippen LogP contribution >= 0.6 is 0 Å². The van der Waals surface area contributed by atoms with Gasteiger partial charge in [0.05, 0.1) is 0 Å². The van der Waals surface area contributed by atoms with Gasteiger partial charge in [0.2, 0.25) is 11.9 Å². The number of nitrogens with zero attached hydrogens (tertiary/aromatic N) is 3. The van der Waals surface area contributed by atoms with Crippen molar-refractivity contribution in [3.05, 3.63) is 96.1 Å². The summed E-state index contributed by atoms with van der Waals surface area (Å²) >= 11 is 0. The van der Waals surface area contributed by atoms with Gasteiger partial charge in [-0.3, -0.25) is 0 Å². The van der Waals surface area contributed by atoms with E-state index in [-0.39, 0.29) is 5.75 Å². The third-order valence-electron chi connectivity index (χ3n) is 4.57. The molecule has 9 heteroatoms. The molecule has 168 valence electrons. The molecule has 0 saturated carbocycles. The Morgan fingerprint density at radius 2 is 1.12 bits per heavy atom. The fourth-order valence-corrected chi connectivity index (χ4v) is 3.02. The number of halogens is 3. The second-order valence-electron chi connectivity index (χ2n) is 7.06. The number of nitrogens with one attached hydrogen (secondary N) is 2. The van der Waals surface area contributed by atoms with Crippen molar-refractivity contribution in [1.82, 2.24) is 15.0 Å². The Bertz CT molecular complexity index is 1110. The molecule has 1 aromatic heterocycles. The Morgan fingerprint density at radius 1 is 0.636 bits per heavy atom. The molecule has 0 bridgehead atoms. The van der Waals surface area contributed by atoms with Gasteiger partial charge in [-0.15, -0.1) is 13.2 Å². The normalized spacial score (nSPS) is 11.1. The summed E-state index contributed by atoms with van der Waals surface area (Å²) < 4.78 is 41.3. The van der Waals surface area contributed by atoms with Crippen LogP contribution in [0.3, 0.4) is 0 Å². The van der Waals surface area contributed by atoms with Crippen LogP contribution in [-0.2, 0) is 13.1 Å². The number of hydrogen-bond donors (Lipinski definition) is 2. The van der Waals surface area contributed by atoms with E-state index in [4.69, 9.17) is 0 Å². The quantitative estimate of drug-likeness (QED) is 0.360. The zero-order valence-electron chi connectivity index (χ0n) is 17.4. The minimum Gasteiger partial charge on any atom is -0.406 e. The number of alkyl halides is 3. The van der Waals surface area contributed by atoms with E-state index in [2.05, 4.69) is 30.3 Å². The van der Waals surface area contributed by atoms with Gasteiger partial charge < -0.3 is 15.4 Å². The number of ether oxygens (including phenoxy) is 1. The van der Waals surface area contributed by atoms with E-state index in [1.54, 1.807) is 0 Å². The average Bonchev–Trinajstić information content (AvgIpc) is 2.82. The molecule has 33 heavy (non-hydrogen) atoms. The van der Waals surface area contributed by atoms with Crippen LogP contribution in [0.1, 0.15) is 11.1 Å². The second kappa shape index (κ2) is 9.99. The molecule has 3 aromatic carbocycles. The van der Waals surface area contributed by atoms with E-state index in [0.29, 0.717) is 36.4 Å². The summed E-state index contributed by atoms with van der Waals surface area (Å²) in [7, 11) is 0. The van der Waals surface area contributed by atoms with Crippen LogP contribution in [-0.4, -0.2) is 21.3 Å². The topological polar surface area (TPSA) is 72.0 Å². The van der Waals surface area contributed by atoms with Crippen molar-refractivity contribution < 1.29 is 17.9 Å². The first kappa shape index (κ1) is 22.1. The molecule has 2 N–H and O–H groups in total. The summed E-state index contributed by atoms with van der Waals surface area (Å²) in [4.78, 5) is 13.3. The SMILES string of the molecule is FC(F)(F)Oc1ccc(-c2nc(NCc3ccccc3)nc(NCc3ccccc3)n2)cc1. The van der Waals surface area contributed by atoms with Crippen molar-refractivity contribution in [3.63, 3.8) is 0 Å². The molecule has 6 nitrogen and oxygen atoms in total. The van der Waals surface area contributed by atoms with Gasteiger partial charge in [0.15, 0.2) is 5.82 Å². The van der Waals surface area contributed by atoms with Gasteiger partial charge in [-0.2, -0.15) is 15.0 Å². The van der Waals surface area contributed by atoms with E-state index in [1.807, 2.05) is 60.7 Å². The molecule has 0 spiro atoms. The van der Waals surface area contributed by atoms with Crippen molar-refractivity contribution in [1.29, 1.82) is 0 Å². The summed E-state index contributed by atoms with van der Waals surface area (Å²) in [5.74, 6) is 0.685. The third kappa shape index (κ3) is 6.67. The monoisotopic (exact) mass is 451 g/mol. The first-order valence-corrected chi connectivity index (χ1v) is 10.1. The molecule has 0 saturated heterocycles. The Balaban J connectivity index is 1.57. The summed E-state index contributed by atoms with van der Waals surface area (Å²) in [5, 5.41) is 6.35. The molecule has 1 heterocycles. The molecule has 0 unspecified atom stereocenters. The lowest BCUT2D eigenvalue weighted by atomic mass is 10.2.